The van der Waals surface area contributed by atoms with Crippen LogP contribution in [0.2, 0.25) is 0 Å². The van der Waals surface area contributed by atoms with Crippen molar-refractivity contribution in [1.29, 1.82) is 0 Å². The number of nitrogens with zero attached hydrogens (tertiary/aromatic N) is 1. The molecule has 0 bridgehead atoms. The first-order valence-corrected chi connectivity index (χ1v) is 7.39. The van der Waals surface area contributed by atoms with Crippen LogP contribution in [-0.4, -0.2) is 15.6 Å². The molecular weight excluding hydrogens is 323 g/mol. The summed E-state index contributed by atoms with van der Waals surface area (Å²) in [4.78, 5) is 0. The zero-order chi connectivity index (χ0) is 15.4. The largest absolute Gasteiger partial charge is 0.475 e. The smallest absolute Gasteiger partial charge is 0.231 e. The van der Waals surface area contributed by atoms with Gasteiger partial charge in [0, 0.05) is 11.5 Å². The molecule has 0 aliphatic rings. The van der Waals surface area contributed by atoms with Crippen molar-refractivity contribution in [2.24, 2.45) is 0 Å². The van der Waals surface area contributed by atoms with Crippen LogP contribution in [0.5, 0.6) is 0 Å². The SMILES string of the molecule is CC/C=C(\Nc1cc(C(C)(C)C)no1)OCC(Cl)(Cl)Cl. The van der Waals surface area contributed by atoms with Gasteiger partial charge in [0.2, 0.25) is 9.68 Å². The highest BCUT2D eigenvalue weighted by molar-refractivity contribution is 6.67. The Labute approximate surface area is 134 Å². The Morgan fingerprint density at radius 1 is 1.40 bits per heavy atom. The molecule has 0 radical (unpaired) electrons. The van der Waals surface area contributed by atoms with E-state index < -0.39 is 3.79 Å². The summed E-state index contributed by atoms with van der Waals surface area (Å²) in [5.74, 6) is 0.953. The van der Waals surface area contributed by atoms with Gasteiger partial charge in [0.1, 0.15) is 6.61 Å². The quantitative estimate of drug-likeness (QED) is 0.603. The number of rotatable bonds is 5. The van der Waals surface area contributed by atoms with Gasteiger partial charge in [-0.15, -0.1) is 0 Å². The number of aromatic nitrogens is 1. The molecule has 0 saturated carbocycles. The zero-order valence-corrected chi connectivity index (χ0v) is 14.2. The fourth-order valence-corrected chi connectivity index (χ4v) is 1.46. The maximum Gasteiger partial charge on any atom is 0.231 e. The van der Waals surface area contributed by atoms with Crippen LogP contribution in [0.3, 0.4) is 0 Å². The van der Waals surface area contributed by atoms with Gasteiger partial charge in [0.25, 0.3) is 0 Å². The molecule has 1 aromatic rings. The molecule has 1 N–H and O–H groups in total. The fraction of sp³-hybridized carbons (Fsp3) is 0.615. The van der Waals surface area contributed by atoms with Gasteiger partial charge in [0.05, 0.1) is 5.69 Å². The summed E-state index contributed by atoms with van der Waals surface area (Å²) in [6.07, 6.45) is 2.60. The molecule has 0 aliphatic heterocycles. The highest BCUT2D eigenvalue weighted by Gasteiger charge is 2.22. The molecule has 0 atom stereocenters. The van der Waals surface area contributed by atoms with Gasteiger partial charge < -0.3 is 9.26 Å². The normalized spacial score (nSPS) is 13.4. The van der Waals surface area contributed by atoms with Gasteiger partial charge in [0.15, 0.2) is 5.88 Å². The zero-order valence-electron chi connectivity index (χ0n) is 12.0. The fourth-order valence-electron chi connectivity index (χ4n) is 1.30. The van der Waals surface area contributed by atoms with Crippen molar-refractivity contribution in [3.05, 3.63) is 23.7 Å². The van der Waals surface area contributed by atoms with E-state index in [0.29, 0.717) is 11.8 Å². The lowest BCUT2D eigenvalue weighted by Gasteiger charge is -2.15. The van der Waals surface area contributed by atoms with Crippen LogP contribution in [0.1, 0.15) is 39.8 Å². The Balaban J connectivity index is 2.72. The van der Waals surface area contributed by atoms with E-state index in [2.05, 4.69) is 31.2 Å². The van der Waals surface area contributed by atoms with E-state index in [1.165, 1.54) is 0 Å². The predicted octanol–water partition coefficient (Wildman–Crippen LogP) is 5.02. The average molecular weight is 342 g/mol. The van der Waals surface area contributed by atoms with E-state index in [4.69, 9.17) is 44.1 Å². The van der Waals surface area contributed by atoms with E-state index in [1.807, 2.05) is 19.1 Å². The highest BCUT2D eigenvalue weighted by atomic mass is 35.6. The first kappa shape index (κ1) is 17.5. The van der Waals surface area contributed by atoms with E-state index in [0.717, 1.165) is 12.1 Å². The molecule has 0 amide bonds. The van der Waals surface area contributed by atoms with Crippen LogP contribution in [-0.2, 0) is 10.2 Å². The Hall–Kier alpha value is -0.580. The van der Waals surface area contributed by atoms with Gasteiger partial charge in [-0.3, -0.25) is 5.32 Å². The molecule has 4 nitrogen and oxygen atoms in total. The van der Waals surface area contributed by atoms with Crippen molar-refractivity contribution >= 4 is 40.7 Å². The second kappa shape index (κ2) is 6.92. The number of ether oxygens (including phenoxy) is 1. The maximum absolute atomic E-state index is 5.66. The van der Waals surface area contributed by atoms with Crippen LogP contribution in [0.15, 0.2) is 22.5 Å². The lowest BCUT2D eigenvalue weighted by atomic mass is 9.92. The van der Waals surface area contributed by atoms with Crippen LogP contribution in [0.25, 0.3) is 0 Å². The van der Waals surface area contributed by atoms with E-state index in [1.54, 1.807) is 0 Å². The molecule has 7 heteroatoms. The van der Waals surface area contributed by atoms with Crippen molar-refractivity contribution in [2.45, 2.75) is 43.3 Å². The molecule has 0 saturated heterocycles. The van der Waals surface area contributed by atoms with Gasteiger partial charge in [-0.2, -0.15) is 0 Å². The molecule has 0 unspecified atom stereocenters. The monoisotopic (exact) mass is 340 g/mol. The molecule has 1 heterocycles. The minimum atomic E-state index is -1.47. The second-order valence-corrected chi connectivity index (χ2v) is 7.85. The summed E-state index contributed by atoms with van der Waals surface area (Å²) in [7, 11) is 0. The number of hydrogen-bond acceptors (Lipinski definition) is 4. The van der Waals surface area contributed by atoms with Crippen molar-refractivity contribution in [3.63, 3.8) is 0 Å². The van der Waals surface area contributed by atoms with Crippen LogP contribution >= 0.6 is 34.8 Å². The van der Waals surface area contributed by atoms with Crippen molar-refractivity contribution in [1.82, 2.24) is 5.16 Å². The van der Waals surface area contributed by atoms with Crippen molar-refractivity contribution < 1.29 is 9.26 Å². The molecular formula is C13H19Cl3N2O2. The highest BCUT2D eigenvalue weighted by Crippen LogP contribution is 2.28. The first-order valence-electron chi connectivity index (χ1n) is 6.25. The lowest BCUT2D eigenvalue weighted by Crippen LogP contribution is -2.15. The summed E-state index contributed by atoms with van der Waals surface area (Å²) < 4.78 is 9.17. The molecule has 0 fully saturated rings. The molecule has 20 heavy (non-hydrogen) atoms. The number of alkyl halides is 3. The number of anilines is 1. The second-order valence-electron chi connectivity index (χ2n) is 5.33. The van der Waals surface area contributed by atoms with Crippen molar-refractivity contribution in [2.75, 3.05) is 11.9 Å². The average Bonchev–Trinajstić information content (AvgIpc) is 2.73. The van der Waals surface area contributed by atoms with E-state index in [-0.39, 0.29) is 12.0 Å². The van der Waals surface area contributed by atoms with Gasteiger partial charge in [-0.1, -0.05) is 67.7 Å². The number of nitrogens with one attached hydrogen (secondary N) is 1. The van der Waals surface area contributed by atoms with E-state index in [9.17, 15) is 0 Å². The predicted molar refractivity (Wildman–Crippen MR) is 83.4 cm³/mol. The molecule has 0 aromatic carbocycles. The Kier molecular flexibility index (Phi) is 6.05. The summed E-state index contributed by atoms with van der Waals surface area (Å²) in [5.41, 5.74) is 0.758. The molecule has 0 spiro atoms. The van der Waals surface area contributed by atoms with Gasteiger partial charge in [-0.05, 0) is 12.5 Å². The summed E-state index contributed by atoms with van der Waals surface area (Å²) in [6, 6.07) is 1.82. The van der Waals surface area contributed by atoms with Crippen LogP contribution < -0.4 is 5.32 Å². The topological polar surface area (TPSA) is 47.3 Å². The maximum atomic E-state index is 5.66. The van der Waals surface area contributed by atoms with E-state index >= 15 is 0 Å². The summed E-state index contributed by atoms with van der Waals surface area (Å²) in [5, 5.41) is 6.99. The third-order valence-corrected chi connectivity index (χ3v) is 2.63. The number of allylic oxidation sites excluding steroid dienone is 1. The van der Waals surface area contributed by atoms with Crippen LogP contribution in [0.4, 0.5) is 5.88 Å². The number of halogens is 3. The van der Waals surface area contributed by atoms with Gasteiger partial charge in [-0.25, -0.2) is 0 Å². The minimum Gasteiger partial charge on any atom is -0.475 e. The molecule has 114 valence electrons. The number of hydrogen-bond donors (Lipinski definition) is 1. The third kappa shape index (κ3) is 6.25. The Bertz CT molecular complexity index is 459. The lowest BCUT2D eigenvalue weighted by molar-refractivity contribution is 0.220. The van der Waals surface area contributed by atoms with Gasteiger partial charge >= 0.3 is 0 Å². The first-order chi connectivity index (χ1) is 9.12. The van der Waals surface area contributed by atoms with Crippen LogP contribution in [0, 0.1) is 0 Å². The summed E-state index contributed by atoms with van der Waals surface area (Å²) >= 11 is 17.0. The molecule has 1 rings (SSSR count). The third-order valence-electron chi connectivity index (χ3n) is 2.31. The Morgan fingerprint density at radius 3 is 2.50 bits per heavy atom. The summed E-state index contributed by atoms with van der Waals surface area (Å²) in [6.45, 7) is 8.07. The Morgan fingerprint density at radius 2 is 2.05 bits per heavy atom. The molecule has 0 aliphatic carbocycles. The standard InChI is InChI=1S/C13H19Cl3N2O2/c1-5-6-10(19-8-13(14,15)16)17-11-7-9(18-20-11)12(2,3)4/h6-7,17H,5,8H2,1-4H3/b10-6+. The minimum absolute atomic E-state index is 0.0588. The molecule has 1 aromatic heterocycles. The van der Waals surface area contributed by atoms with Crippen molar-refractivity contribution in [3.8, 4) is 0 Å².